The van der Waals surface area contributed by atoms with E-state index in [1.54, 1.807) is 0 Å². The van der Waals surface area contributed by atoms with Crippen molar-refractivity contribution in [3.63, 3.8) is 0 Å². The van der Waals surface area contributed by atoms with Crippen LogP contribution in [0.4, 0.5) is 11.5 Å². The van der Waals surface area contributed by atoms with Crippen molar-refractivity contribution >= 4 is 17.4 Å². The first-order valence-electron chi connectivity index (χ1n) is 10.3. The summed E-state index contributed by atoms with van der Waals surface area (Å²) < 4.78 is 0. The average Bonchev–Trinajstić information content (AvgIpc) is 3.30. The molecule has 1 aromatic heterocycles. The van der Waals surface area contributed by atoms with Crippen LogP contribution in [0.1, 0.15) is 37.7 Å². The van der Waals surface area contributed by atoms with Crippen molar-refractivity contribution in [3.05, 3.63) is 72.3 Å². The number of nitrogens with one attached hydrogen (secondary N) is 1. The highest BCUT2D eigenvalue weighted by atomic mass is 16.1. The minimum absolute atomic E-state index is 0.00585. The van der Waals surface area contributed by atoms with Gasteiger partial charge in [0.1, 0.15) is 0 Å². The van der Waals surface area contributed by atoms with Gasteiger partial charge in [-0.1, -0.05) is 49.4 Å². The molecule has 29 heavy (non-hydrogen) atoms. The van der Waals surface area contributed by atoms with Gasteiger partial charge in [-0.25, -0.2) is 0 Å². The first-order chi connectivity index (χ1) is 14.2. The maximum absolute atomic E-state index is 12.8. The Bertz CT molecular complexity index is 950. The molecule has 5 heteroatoms. The lowest BCUT2D eigenvalue weighted by Crippen LogP contribution is -2.20. The van der Waals surface area contributed by atoms with Crippen molar-refractivity contribution in [1.82, 2.24) is 10.2 Å². The van der Waals surface area contributed by atoms with E-state index in [-0.39, 0.29) is 11.8 Å². The Labute approximate surface area is 171 Å². The van der Waals surface area contributed by atoms with Crippen LogP contribution in [-0.2, 0) is 4.79 Å². The summed E-state index contributed by atoms with van der Waals surface area (Å²) in [5.41, 5.74) is 3.55. The molecule has 1 amide bonds. The third-order valence-corrected chi connectivity index (χ3v) is 5.43. The van der Waals surface area contributed by atoms with Gasteiger partial charge >= 0.3 is 0 Å². The zero-order chi connectivity index (χ0) is 20.1. The maximum Gasteiger partial charge on any atom is 0.231 e. The average molecular weight is 386 g/mol. The molecule has 1 N–H and O–H groups in total. The Morgan fingerprint density at radius 1 is 1.00 bits per heavy atom. The van der Waals surface area contributed by atoms with E-state index in [0.717, 1.165) is 47.8 Å². The van der Waals surface area contributed by atoms with Gasteiger partial charge in [-0.15, -0.1) is 10.2 Å². The number of hydrogen-bond acceptors (Lipinski definition) is 4. The van der Waals surface area contributed by atoms with Gasteiger partial charge in [-0.3, -0.25) is 4.79 Å². The molecule has 1 saturated heterocycles. The third-order valence-electron chi connectivity index (χ3n) is 5.43. The smallest absolute Gasteiger partial charge is 0.231 e. The lowest BCUT2D eigenvalue weighted by Gasteiger charge is -2.16. The molecule has 0 radical (unpaired) electrons. The van der Waals surface area contributed by atoms with Crippen LogP contribution in [0, 0.1) is 0 Å². The number of carbonyl (C=O) groups excluding carboxylic acids is 1. The fourth-order valence-corrected chi connectivity index (χ4v) is 3.84. The zero-order valence-corrected chi connectivity index (χ0v) is 16.7. The summed E-state index contributed by atoms with van der Waals surface area (Å²) in [4.78, 5) is 15.1. The number of anilines is 2. The van der Waals surface area contributed by atoms with Gasteiger partial charge in [-0.05, 0) is 49.1 Å². The predicted octanol–water partition coefficient (Wildman–Crippen LogP) is 4.88. The van der Waals surface area contributed by atoms with Crippen molar-refractivity contribution in [1.29, 1.82) is 0 Å². The second-order valence-electron chi connectivity index (χ2n) is 7.41. The van der Waals surface area contributed by atoms with Crippen LogP contribution in [0.2, 0.25) is 0 Å². The molecular weight excluding hydrogens is 360 g/mol. The Morgan fingerprint density at radius 2 is 1.79 bits per heavy atom. The highest BCUT2D eigenvalue weighted by Crippen LogP contribution is 2.25. The Kier molecular flexibility index (Phi) is 5.84. The van der Waals surface area contributed by atoms with E-state index in [0.29, 0.717) is 0 Å². The number of benzene rings is 2. The summed E-state index contributed by atoms with van der Waals surface area (Å²) in [5.74, 6) is 0.773. The number of amides is 1. The number of hydrogen-bond donors (Lipinski definition) is 1. The molecule has 3 aromatic rings. The van der Waals surface area contributed by atoms with Crippen molar-refractivity contribution in [2.24, 2.45) is 0 Å². The maximum atomic E-state index is 12.8. The second kappa shape index (κ2) is 8.86. The Hall–Kier alpha value is -3.21. The van der Waals surface area contributed by atoms with E-state index in [1.165, 1.54) is 12.8 Å². The second-order valence-corrected chi connectivity index (χ2v) is 7.41. The lowest BCUT2D eigenvalue weighted by molar-refractivity contribution is -0.117. The molecule has 2 aromatic carbocycles. The number of nitrogens with zero attached hydrogens (tertiary/aromatic N) is 3. The first kappa shape index (κ1) is 19.1. The van der Waals surface area contributed by atoms with Gasteiger partial charge in [0.15, 0.2) is 5.82 Å². The van der Waals surface area contributed by atoms with Crippen LogP contribution in [-0.4, -0.2) is 29.2 Å². The van der Waals surface area contributed by atoms with Crippen molar-refractivity contribution in [3.8, 4) is 11.3 Å². The Morgan fingerprint density at radius 3 is 2.48 bits per heavy atom. The van der Waals surface area contributed by atoms with Gasteiger partial charge in [0.25, 0.3) is 0 Å². The molecule has 0 aliphatic carbocycles. The molecule has 1 aliphatic rings. The third kappa shape index (κ3) is 4.45. The van der Waals surface area contributed by atoms with E-state index in [4.69, 9.17) is 0 Å². The number of carbonyl (C=O) groups is 1. The molecular formula is C24H26N4O. The van der Waals surface area contributed by atoms with Crippen LogP contribution in [0.5, 0.6) is 0 Å². The van der Waals surface area contributed by atoms with Crippen molar-refractivity contribution in [2.45, 2.75) is 32.1 Å². The van der Waals surface area contributed by atoms with E-state index in [9.17, 15) is 4.79 Å². The lowest BCUT2D eigenvalue weighted by atomic mass is 9.95. The van der Waals surface area contributed by atoms with Crippen LogP contribution in [0.15, 0.2) is 66.7 Å². The summed E-state index contributed by atoms with van der Waals surface area (Å²) >= 11 is 0. The highest BCUT2D eigenvalue weighted by Gasteiger charge is 2.19. The Balaban J connectivity index is 1.49. The zero-order valence-electron chi connectivity index (χ0n) is 16.7. The molecule has 1 aliphatic heterocycles. The summed E-state index contributed by atoms with van der Waals surface area (Å²) in [6.07, 6.45) is 3.18. The monoisotopic (exact) mass is 386 g/mol. The fraction of sp³-hybridized carbons (Fsp3) is 0.292. The quantitative estimate of drug-likeness (QED) is 0.656. The molecule has 0 bridgehead atoms. The van der Waals surface area contributed by atoms with E-state index < -0.39 is 0 Å². The topological polar surface area (TPSA) is 58.1 Å². The number of aromatic nitrogens is 2. The van der Waals surface area contributed by atoms with Crippen molar-refractivity contribution < 1.29 is 4.79 Å². The SMILES string of the molecule is CCC(C(=O)Nc1cccc(-c2ccc(N3CCCC3)nn2)c1)c1ccccc1. The van der Waals surface area contributed by atoms with E-state index in [2.05, 4.69) is 20.4 Å². The highest BCUT2D eigenvalue weighted by molar-refractivity contribution is 5.96. The largest absolute Gasteiger partial charge is 0.355 e. The minimum atomic E-state index is -0.167. The minimum Gasteiger partial charge on any atom is -0.355 e. The molecule has 148 valence electrons. The van der Waals surface area contributed by atoms with Gasteiger partial charge in [-0.2, -0.15) is 0 Å². The summed E-state index contributed by atoms with van der Waals surface area (Å²) in [5, 5.41) is 11.9. The van der Waals surface area contributed by atoms with Crippen LogP contribution in [0.3, 0.4) is 0 Å². The standard InChI is InChI=1S/C24H26N4O/c1-2-21(18-9-4-3-5-10-18)24(29)25-20-12-8-11-19(17-20)22-13-14-23(27-26-22)28-15-6-7-16-28/h3-5,8-14,17,21H,2,6-7,15-16H2,1H3,(H,25,29). The van der Waals surface area contributed by atoms with E-state index >= 15 is 0 Å². The molecule has 5 nitrogen and oxygen atoms in total. The van der Waals surface area contributed by atoms with Gasteiger partial charge in [0.05, 0.1) is 11.6 Å². The summed E-state index contributed by atoms with van der Waals surface area (Å²) in [6.45, 7) is 4.14. The molecule has 0 saturated carbocycles. The number of rotatable bonds is 6. The van der Waals surface area contributed by atoms with Gasteiger partial charge < -0.3 is 10.2 Å². The van der Waals surface area contributed by atoms with Crippen LogP contribution >= 0.6 is 0 Å². The van der Waals surface area contributed by atoms with Crippen LogP contribution in [0.25, 0.3) is 11.3 Å². The molecule has 0 spiro atoms. The van der Waals surface area contributed by atoms with Crippen LogP contribution < -0.4 is 10.2 Å². The summed E-state index contributed by atoms with van der Waals surface area (Å²) in [6, 6.07) is 21.7. The first-order valence-corrected chi connectivity index (χ1v) is 10.3. The normalized spacial score (nSPS) is 14.6. The molecule has 2 heterocycles. The van der Waals surface area contributed by atoms with Gasteiger partial charge in [0.2, 0.25) is 5.91 Å². The fourth-order valence-electron chi connectivity index (χ4n) is 3.84. The molecule has 1 atom stereocenters. The summed E-state index contributed by atoms with van der Waals surface area (Å²) in [7, 11) is 0. The molecule has 4 rings (SSSR count). The molecule has 1 fully saturated rings. The van der Waals surface area contributed by atoms with Crippen molar-refractivity contribution in [2.75, 3.05) is 23.3 Å². The molecule has 1 unspecified atom stereocenters. The predicted molar refractivity (Wildman–Crippen MR) is 117 cm³/mol. The van der Waals surface area contributed by atoms with E-state index in [1.807, 2.05) is 73.7 Å². The van der Waals surface area contributed by atoms with Gasteiger partial charge in [0, 0.05) is 24.3 Å².